The zero-order valence-electron chi connectivity index (χ0n) is 21.2. The highest BCUT2D eigenvalue weighted by molar-refractivity contribution is 5.78. The Kier molecular flexibility index (Phi) is 10.4. The number of nitrogens with zero attached hydrogens (tertiary/aromatic N) is 2. The normalized spacial score (nSPS) is 12.7. The van der Waals surface area contributed by atoms with Crippen molar-refractivity contribution >= 4 is 5.91 Å². The van der Waals surface area contributed by atoms with Crippen LogP contribution in [0.25, 0.3) is 0 Å². The number of aliphatic hydroxyl groups excluding tert-OH is 1. The molecule has 34 heavy (non-hydrogen) atoms. The number of aliphatic hydroxyl groups is 1. The van der Waals surface area contributed by atoms with Gasteiger partial charge in [-0.2, -0.15) is 0 Å². The van der Waals surface area contributed by atoms with Crippen LogP contribution in [0.3, 0.4) is 0 Å². The Labute approximate surface area is 204 Å². The van der Waals surface area contributed by atoms with Gasteiger partial charge in [0.2, 0.25) is 5.91 Å². The van der Waals surface area contributed by atoms with Crippen molar-refractivity contribution in [1.82, 2.24) is 15.1 Å². The van der Waals surface area contributed by atoms with Crippen LogP contribution in [-0.2, 0) is 17.6 Å². The Hall–Kier alpha value is -2.61. The largest absolute Gasteiger partial charge is 0.508 e. The van der Waals surface area contributed by atoms with Crippen LogP contribution >= 0.6 is 0 Å². The highest BCUT2D eigenvalue weighted by atomic mass is 16.3. The number of likely N-dealkylation sites (N-methyl/N-ethyl adjacent to an activating group) is 2. The molecule has 7 nitrogen and oxygen atoms in total. The zero-order valence-corrected chi connectivity index (χ0v) is 21.2. The molecule has 0 spiro atoms. The van der Waals surface area contributed by atoms with Crippen LogP contribution in [0.1, 0.15) is 50.5 Å². The summed E-state index contributed by atoms with van der Waals surface area (Å²) < 4.78 is 0. The molecule has 0 radical (unpaired) electrons. The molecule has 0 aliphatic rings. The number of hydrogen-bond acceptors (Lipinski definition) is 6. The lowest BCUT2D eigenvalue weighted by atomic mass is 9.93. The summed E-state index contributed by atoms with van der Waals surface area (Å²) in [7, 11) is 1.86. The minimum Gasteiger partial charge on any atom is -0.508 e. The van der Waals surface area contributed by atoms with Crippen molar-refractivity contribution in [2.75, 3.05) is 39.8 Å². The first-order chi connectivity index (χ1) is 16.0. The maximum absolute atomic E-state index is 12.7. The lowest BCUT2D eigenvalue weighted by Gasteiger charge is -2.28. The van der Waals surface area contributed by atoms with E-state index in [-0.39, 0.29) is 29.5 Å². The molecule has 1 unspecified atom stereocenters. The second-order valence-electron chi connectivity index (χ2n) is 9.58. The summed E-state index contributed by atoms with van der Waals surface area (Å²) in [6.45, 7) is 12.2. The van der Waals surface area contributed by atoms with E-state index in [9.17, 15) is 20.1 Å². The van der Waals surface area contributed by atoms with E-state index in [4.69, 9.17) is 0 Å². The number of amides is 1. The van der Waals surface area contributed by atoms with Crippen LogP contribution in [0.15, 0.2) is 42.5 Å². The van der Waals surface area contributed by atoms with Crippen molar-refractivity contribution in [3.05, 3.63) is 59.2 Å². The van der Waals surface area contributed by atoms with Gasteiger partial charge in [0.1, 0.15) is 11.5 Å². The number of phenols is 2. The molecule has 0 aliphatic carbocycles. The van der Waals surface area contributed by atoms with Crippen molar-refractivity contribution in [3.8, 4) is 11.5 Å². The number of aromatic hydroxyl groups is 2. The molecule has 2 aromatic rings. The number of benzene rings is 2. The number of carbonyl (C=O) groups is 1. The van der Waals surface area contributed by atoms with E-state index in [1.807, 2.05) is 25.2 Å². The molecule has 2 aromatic carbocycles. The average Bonchev–Trinajstić information content (AvgIpc) is 2.77. The number of β-amino-alcohol motifs (C(OH)–C–C–N with tert-alkyl or cyclic N) is 1. The Morgan fingerprint density at radius 2 is 1.62 bits per heavy atom. The van der Waals surface area contributed by atoms with Gasteiger partial charge < -0.3 is 30.4 Å². The van der Waals surface area contributed by atoms with E-state index >= 15 is 0 Å². The predicted molar refractivity (Wildman–Crippen MR) is 136 cm³/mol. The zero-order chi connectivity index (χ0) is 25.3. The number of rotatable bonds is 13. The maximum Gasteiger partial charge on any atom is 0.226 e. The third kappa shape index (κ3) is 8.97. The molecule has 2 rings (SSSR count). The van der Waals surface area contributed by atoms with Crippen LogP contribution in [0, 0.1) is 0 Å². The summed E-state index contributed by atoms with van der Waals surface area (Å²) >= 11 is 0. The number of nitrogens with one attached hydrogen (secondary N) is 1. The van der Waals surface area contributed by atoms with Crippen LogP contribution in [-0.4, -0.2) is 76.3 Å². The Balaban J connectivity index is 1.92. The summed E-state index contributed by atoms with van der Waals surface area (Å²) in [5.74, 6) is -0.0593. The Morgan fingerprint density at radius 3 is 2.24 bits per heavy atom. The molecule has 4 N–H and O–H groups in total. The second-order valence-corrected chi connectivity index (χ2v) is 9.58. The van der Waals surface area contributed by atoms with Crippen molar-refractivity contribution in [1.29, 1.82) is 0 Å². The van der Waals surface area contributed by atoms with E-state index in [0.29, 0.717) is 18.4 Å². The van der Waals surface area contributed by atoms with Gasteiger partial charge in [-0.05, 0) is 62.2 Å². The van der Waals surface area contributed by atoms with Crippen molar-refractivity contribution in [2.45, 2.75) is 52.2 Å². The molecule has 188 valence electrons. The number of carbonyl (C=O) groups excluding carboxylic acids is 1. The quantitative estimate of drug-likeness (QED) is 0.359. The average molecular weight is 472 g/mol. The van der Waals surface area contributed by atoms with Gasteiger partial charge in [-0.25, -0.2) is 0 Å². The van der Waals surface area contributed by atoms with E-state index in [1.54, 1.807) is 4.90 Å². The van der Waals surface area contributed by atoms with Crippen molar-refractivity contribution in [3.63, 3.8) is 0 Å². The molecule has 7 heteroatoms. The van der Waals surface area contributed by atoms with Crippen LogP contribution < -0.4 is 5.32 Å². The summed E-state index contributed by atoms with van der Waals surface area (Å²) in [6, 6.07) is 12.2. The van der Waals surface area contributed by atoms with E-state index < -0.39 is 6.10 Å². The lowest BCUT2D eigenvalue weighted by Crippen LogP contribution is -2.43. The van der Waals surface area contributed by atoms with Crippen LogP contribution in [0.4, 0.5) is 0 Å². The van der Waals surface area contributed by atoms with E-state index in [0.717, 1.165) is 37.3 Å². The fourth-order valence-corrected chi connectivity index (χ4v) is 3.99. The highest BCUT2D eigenvalue weighted by Crippen LogP contribution is 2.25. The molecule has 0 aliphatic heterocycles. The van der Waals surface area contributed by atoms with Crippen LogP contribution in [0.5, 0.6) is 11.5 Å². The van der Waals surface area contributed by atoms with E-state index in [1.165, 1.54) is 18.2 Å². The van der Waals surface area contributed by atoms with Gasteiger partial charge in [0.25, 0.3) is 0 Å². The van der Waals surface area contributed by atoms with Crippen molar-refractivity contribution in [2.24, 2.45) is 0 Å². The van der Waals surface area contributed by atoms with Gasteiger partial charge in [0.05, 0.1) is 12.5 Å². The molecule has 0 aromatic heterocycles. The summed E-state index contributed by atoms with van der Waals surface area (Å²) in [4.78, 5) is 16.8. The topological polar surface area (TPSA) is 96.3 Å². The molecule has 0 saturated heterocycles. The fourth-order valence-electron chi connectivity index (χ4n) is 3.99. The lowest BCUT2D eigenvalue weighted by molar-refractivity contribution is -0.129. The first kappa shape index (κ1) is 27.6. The Morgan fingerprint density at radius 1 is 1.00 bits per heavy atom. The second kappa shape index (κ2) is 12.7. The van der Waals surface area contributed by atoms with Crippen molar-refractivity contribution < 1.29 is 20.1 Å². The maximum atomic E-state index is 12.7. The predicted octanol–water partition coefficient (Wildman–Crippen LogP) is 3.08. The SMILES string of the molecule is CCN(CC)CCN(C)C(=O)Cc1cccc(CC(C)(C)NCC(O)c2cc(O)cc(O)c2)c1. The smallest absolute Gasteiger partial charge is 0.226 e. The van der Waals surface area contributed by atoms with Gasteiger partial charge in [0.15, 0.2) is 0 Å². The molecular formula is C27H41N3O4. The highest BCUT2D eigenvalue weighted by Gasteiger charge is 2.21. The summed E-state index contributed by atoms with van der Waals surface area (Å²) in [5.41, 5.74) is 2.23. The molecular weight excluding hydrogens is 430 g/mol. The summed E-state index contributed by atoms with van der Waals surface area (Å²) in [5, 5.41) is 33.1. The van der Waals surface area contributed by atoms with Gasteiger partial charge >= 0.3 is 0 Å². The molecule has 0 bridgehead atoms. The minimum atomic E-state index is -0.867. The third-order valence-corrected chi connectivity index (χ3v) is 6.15. The Bertz CT molecular complexity index is 908. The minimum absolute atomic E-state index is 0.0848. The molecule has 0 saturated carbocycles. The van der Waals surface area contributed by atoms with Gasteiger partial charge in [-0.3, -0.25) is 4.79 Å². The molecule has 1 amide bonds. The van der Waals surface area contributed by atoms with Gasteiger partial charge in [0, 0.05) is 38.3 Å². The third-order valence-electron chi connectivity index (χ3n) is 6.15. The molecule has 0 heterocycles. The first-order valence-corrected chi connectivity index (χ1v) is 12.0. The number of hydrogen-bond donors (Lipinski definition) is 4. The van der Waals surface area contributed by atoms with Gasteiger partial charge in [-0.15, -0.1) is 0 Å². The number of phenolic OH excluding ortho intramolecular Hbond substituents is 2. The van der Waals surface area contributed by atoms with Crippen LogP contribution in [0.2, 0.25) is 0 Å². The first-order valence-electron chi connectivity index (χ1n) is 12.0. The monoisotopic (exact) mass is 471 g/mol. The fraction of sp³-hybridized carbons (Fsp3) is 0.519. The molecule has 1 atom stereocenters. The standard InChI is InChI=1S/C27H41N3O4/c1-6-30(7-2)12-11-29(5)26(34)14-20-9-8-10-21(13-20)18-27(3,4)28-19-25(33)22-15-23(31)17-24(32)16-22/h8-10,13,15-17,25,28,31-33H,6-7,11-12,14,18-19H2,1-5H3. The van der Waals surface area contributed by atoms with Gasteiger partial charge in [-0.1, -0.05) is 38.1 Å². The summed E-state index contributed by atoms with van der Waals surface area (Å²) in [6.07, 6.45) is 0.217. The van der Waals surface area contributed by atoms with E-state index in [2.05, 4.69) is 44.0 Å². The molecule has 0 fully saturated rings.